The Hall–Kier alpha value is -0.500. The Morgan fingerprint density at radius 2 is 1.06 bits per heavy atom. The topological polar surface area (TPSA) is 71.1 Å². The van der Waals surface area contributed by atoms with Gasteiger partial charge in [-0.1, -0.05) is 23.2 Å². The molecule has 1 fully saturated rings. The number of halogens is 4. The zero-order chi connectivity index (χ0) is 25.4. The van der Waals surface area contributed by atoms with Gasteiger partial charge >= 0.3 is 11.9 Å². The smallest absolute Gasteiger partial charge is 0.311 e. The highest BCUT2D eigenvalue weighted by molar-refractivity contribution is 6.52. The van der Waals surface area contributed by atoms with E-state index in [0.29, 0.717) is 0 Å². The summed E-state index contributed by atoms with van der Waals surface area (Å²) in [6.07, 6.45) is 1.58. The fourth-order valence-corrected chi connectivity index (χ4v) is 7.18. The van der Waals surface area contributed by atoms with E-state index in [0.717, 1.165) is 0 Å². The Labute approximate surface area is 214 Å². The summed E-state index contributed by atoms with van der Waals surface area (Å²) in [7, 11) is 2.77. The van der Waals surface area contributed by atoms with Crippen molar-refractivity contribution in [3.05, 3.63) is 22.2 Å². The van der Waals surface area contributed by atoms with Crippen molar-refractivity contribution >= 4 is 58.3 Å². The molecule has 0 radical (unpaired) electrons. The summed E-state index contributed by atoms with van der Waals surface area (Å²) >= 11 is 27.8. The monoisotopic (exact) mass is 542 g/mol. The Bertz CT molecular complexity index is 845. The van der Waals surface area contributed by atoms with Crippen LogP contribution in [0.3, 0.4) is 0 Å². The average molecular weight is 544 g/mol. The molecule has 0 aromatic carbocycles. The van der Waals surface area contributed by atoms with Gasteiger partial charge in [0.25, 0.3) is 0 Å². The van der Waals surface area contributed by atoms with Crippen LogP contribution in [-0.2, 0) is 28.5 Å². The molecule has 0 unspecified atom stereocenters. The van der Waals surface area contributed by atoms with Crippen molar-refractivity contribution in [2.45, 2.75) is 69.3 Å². The summed E-state index contributed by atoms with van der Waals surface area (Å²) in [5.74, 6) is -4.17. The molecular weight excluding hydrogens is 514 g/mol. The third kappa shape index (κ3) is 3.50. The van der Waals surface area contributed by atoms with E-state index < -0.39 is 62.3 Å². The number of carbonyl (C=O) groups excluding carboxylic acids is 2. The first-order valence-electron chi connectivity index (χ1n) is 10.6. The van der Waals surface area contributed by atoms with Crippen LogP contribution in [0.4, 0.5) is 0 Å². The van der Waals surface area contributed by atoms with Crippen molar-refractivity contribution in [2.75, 3.05) is 14.2 Å². The molecule has 6 nitrogen and oxygen atoms in total. The molecule has 10 heteroatoms. The SMILES string of the molecule is COC1(OC)[C@@]2(Cl)C(Cl)=C(Cl)[C@]1(Cl)[C@H]1[C@@H]2[C@@H](OC(=O)C(C)(C)C)C=C[C@H]1OC(=O)C(C)(C)C. The van der Waals surface area contributed by atoms with Crippen LogP contribution in [0.2, 0.25) is 0 Å². The van der Waals surface area contributed by atoms with E-state index >= 15 is 0 Å². The molecule has 0 heterocycles. The van der Waals surface area contributed by atoms with Gasteiger partial charge in [-0.25, -0.2) is 0 Å². The van der Waals surface area contributed by atoms with Crippen molar-refractivity contribution in [2.24, 2.45) is 22.7 Å². The van der Waals surface area contributed by atoms with Crippen molar-refractivity contribution in [1.82, 2.24) is 0 Å². The van der Waals surface area contributed by atoms with Crippen LogP contribution < -0.4 is 0 Å². The average Bonchev–Trinajstić information content (AvgIpc) is 2.97. The molecule has 0 saturated heterocycles. The molecular formula is C23H30Cl4O6. The Balaban J connectivity index is 2.21. The number of hydrogen-bond acceptors (Lipinski definition) is 6. The van der Waals surface area contributed by atoms with Crippen molar-refractivity contribution in [3.8, 4) is 0 Å². The third-order valence-corrected chi connectivity index (χ3v) is 9.22. The molecule has 0 amide bonds. The van der Waals surface area contributed by atoms with Crippen LogP contribution >= 0.6 is 46.4 Å². The fourth-order valence-electron chi connectivity index (χ4n) is 4.92. The molecule has 0 N–H and O–H groups in total. The predicted molar refractivity (Wildman–Crippen MR) is 127 cm³/mol. The molecule has 1 saturated carbocycles. The maximum atomic E-state index is 12.8. The summed E-state index contributed by atoms with van der Waals surface area (Å²) in [5.41, 5.74) is -1.54. The standard InChI is InChI=1S/C23H30Cl4O6/c1-19(2,3)17(28)32-11-9-10-12(33-18(29)20(4,5)6)14-13(11)21(26)15(24)16(25)22(14,27)23(21,30-7)31-8/h9-14H,1-8H3/t11-,12+,13-,14+,21-,22+. The molecule has 0 aromatic rings. The van der Waals surface area contributed by atoms with Gasteiger partial charge in [0, 0.05) is 26.1 Å². The lowest BCUT2D eigenvalue weighted by atomic mass is 9.72. The quantitative estimate of drug-likeness (QED) is 0.205. The first kappa shape index (κ1) is 27.1. The molecule has 0 aromatic heterocycles. The van der Waals surface area contributed by atoms with E-state index in [1.165, 1.54) is 14.2 Å². The highest BCUT2D eigenvalue weighted by Gasteiger charge is 2.87. The van der Waals surface area contributed by atoms with E-state index in [1.54, 1.807) is 53.7 Å². The first-order chi connectivity index (χ1) is 14.9. The molecule has 3 aliphatic carbocycles. The molecule has 33 heavy (non-hydrogen) atoms. The third-order valence-electron chi connectivity index (χ3n) is 6.58. The molecule has 0 aliphatic heterocycles. The number of alkyl halides is 2. The highest BCUT2D eigenvalue weighted by atomic mass is 35.5. The van der Waals surface area contributed by atoms with Gasteiger partial charge < -0.3 is 18.9 Å². The lowest BCUT2D eigenvalue weighted by Gasteiger charge is -2.44. The lowest BCUT2D eigenvalue weighted by Crippen LogP contribution is -2.58. The van der Waals surface area contributed by atoms with E-state index in [2.05, 4.69) is 0 Å². The summed E-state index contributed by atoms with van der Waals surface area (Å²) in [4.78, 5) is 22.3. The van der Waals surface area contributed by atoms with Gasteiger partial charge in [0.1, 0.15) is 22.0 Å². The number of hydrogen-bond donors (Lipinski definition) is 0. The second kappa shape index (κ2) is 8.28. The normalized spacial score (nSPS) is 37.2. The minimum Gasteiger partial charge on any atom is -0.457 e. The van der Waals surface area contributed by atoms with Crippen LogP contribution in [0.1, 0.15) is 41.5 Å². The number of esters is 2. The second-order valence-corrected chi connectivity index (χ2v) is 12.7. The number of ether oxygens (including phenoxy) is 4. The highest BCUT2D eigenvalue weighted by Crippen LogP contribution is 2.76. The van der Waals surface area contributed by atoms with Gasteiger partial charge in [-0.3, -0.25) is 9.59 Å². The Kier molecular flexibility index (Phi) is 6.80. The summed E-state index contributed by atoms with van der Waals surface area (Å²) < 4.78 is 23.4. The molecule has 6 atom stereocenters. The van der Waals surface area contributed by atoms with Gasteiger partial charge in [-0.05, 0) is 53.7 Å². The van der Waals surface area contributed by atoms with Crippen LogP contribution in [0.5, 0.6) is 0 Å². The zero-order valence-corrected chi connectivity index (χ0v) is 22.9. The molecule has 3 aliphatic rings. The molecule has 186 valence electrons. The number of rotatable bonds is 4. The zero-order valence-electron chi connectivity index (χ0n) is 19.9. The van der Waals surface area contributed by atoms with Crippen molar-refractivity contribution in [3.63, 3.8) is 0 Å². The number of fused-ring (bicyclic) bond motifs is 5. The van der Waals surface area contributed by atoms with Crippen LogP contribution in [0, 0.1) is 22.7 Å². The van der Waals surface area contributed by atoms with Gasteiger partial charge in [0.05, 0.1) is 20.9 Å². The number of carbonyl (C=O) groups is 2. The van der Waals surface area contributed by atoms with Gasteiger partial charge in [0.2, 0.25) is 5.79 Å². The Morgan fingerprint density at radius 3 is 1.30 bits per heavy atom. The first-order valence-corrected chi connectivity index (χ1v) is 12.1. The Morgan fingerprint density at radius 1 is 0.758 bits per heavy atom. The van der Waals surface area contributed by atoms with Crippen LogP contribution in [0.25, 0.3) is 0 Å². The van der Waals surface area contributed by atoms with E-state index in [9.17, 15) is 9.59 Å². The van der Waals surface area contributed by atoms with Crippen molar-refractivity contribution < 1.29 is 28.5 Å². The summed E-state index contributed by atoms with van der Waals surface area (Å²) in [6, 6.07) is 0. The van der Waals surface area contributed by atoms with Gasteiger partial charge in [-0.15, -0.1) is 23.2 Å². The fraction of sp³-hybridized carbons (Fsp3) is 0.739. The van der Waals surface area contributed by atoms with Gasteiger partial charge in [-0.2, -0.15) is 0 Å². The molecule has 2 bridgehead atoms. The largest absolute Gasteiger partial charge is 0.457 e. The second-order valence-electron chi connectivity index (χ2n) is 10.8. The van der Waals surface area contributed by atoms with Crippen molar-refractivity contribution in [1.29, 1.82) is 0 Å². The number of methoxy groups -OCH3 is 2. The summed E-state index contributed by atoms with van der Waals surface area (Å²) in [6.45, 7) is 10.5. The maximum Gasteiger partial charge on any atom is 0.311 e. The minimum atomic E-state index is -1.72. The predicted octanol–water partition coefficient (Wildman–Crippen LogP) is 5.37. The summed E-state index contributed by atoms with van der Waals surface area (Å²) in [5, 5.41) is 0.0811. The minimum absolute atomic E-state index is 0.0405. The molecule has 0 spiro atoms. The van der Waals surface area contributed by atoms with Crippen LogP contribution in [0.15, 0.2) is 22.2 Å². The maximum absolute atomic E-state index is 12.8. The van der Waals surface area contributed by atoms with E-state index in [1.807, 2.05) is 0 Å². The van der Waals surface area contributed by atoms with E-state index in [4.69, 9.17) is 65.4 Å². The van der Waals surface area contributed by atoms with E-state index in [-0.39, 0.29) is 10.1 Å². The van der Waals surface area contributed by atoms with Crippen LogP contribution in [-0.4, -0.2) is 53.9 Å². The lowest BCUT2D eigenvalue weighted by molar-refractivity contribution is -0.223. The van der Waals surface area contributed by atoms with Gasteiger partial charge in [0.15, 0.2) is 0 Å². The molecule has 3 rings (SSSR count).